The monoisotopic (exact) mass is 415 g/mol. The van der Waals surface area contributed by atoms with E-state index < -0.39 is 9.84 Å². The van der Waals surface area contributed by atoms with E-state index in [9.17, 15) is 13.2 Å². The summed E-state index contributed by atoms with van der Waals surface area (Å²) in [4.78, 5) is 13.4. The molecule has 0 bridgehead atoms. The molecule has 0 saturated heterocycles. The van der Waals surface area contributed by atoms with Gasteiger partial charge in [-0.05, 0) is 48.6 Å². The fraction of sp³-hybridized carbons (Fsp3) is 0.238. The first-order chi connectivity index (χ1) is 13.3. The topological polar surface area (TPSA) is 77.2 Å². The molecule has 3 aromatic rings. The molecule has 0 N–H and O–H groups in total. The van der Waals surface area contributed by atoms with Crippen LogP contribution in [0.1, 0.15) is 51.6 Å². The maximum absolute atomic E-state index is 13.2. The predicted octanol–water partition coefficient (Wildman–Crippen LogP) is 4.43. The highest BCUT2D eigenvalue weighted by atomic mass is 35.5. The van der Waals surface area contributed by atoms with E-state index in [0.29, 0.717) is 27.5 Å². The Morgan fingerprint density at radius 1 is 1.14 bits per heavy atom. The van der Waals surface area contributed by atoms with E-state index in [1.54, 1.807) is 24.3 Å². The fourth-order valence-electron chi connectivity index (χ4n) is 3.35. The quantitative estimate of drug-likeness (QED) is 0.556. The number of halogens is 1. The minimum Gasteiger partial charge on any atom is -0.360 e. The molecule has 1 fully saturated rings. The first kappa shape index (κ1) is 18.9. The van der Waals surface area contributed by atoms with Crippen molar-refractivity contribution in [3.8, 4) is 0 Å². The second-order valence-electron chi connectivity index (χ2n) is 7.07. The van der Waals surface area contributed by atoms with Gasteiger partial charge >= 0.3 is 0 Å². The van der Waals surface area contributed by atoms with Crippen molar-refractivity contribution >= 4 is 27.2 Å². The first-order valence-electron chi connectivity index (χ1n) is 8.90. The molecule has 28 heavy (non-hydrogen) atoms. The summed E-state index contributed by atoms with van der Waals surface area (Å²) in [6, 6.07) is 11.9. The van der Waals surface area contributed by atoms with Gasteiger partial charge in [-0.15, -0.1) is 0 Å². The van der Waals surface area contributed by atoms with E-state index in [0.717, 1.165) is 24.7 Å². The largest absolute Gasteiger partial charge is 0.360 e. The third kappa shape index (κ3) is 3.75. The van der Waals surface area contributed by atoms with Crippen LogP contribution < -0.4 is 0 Å². The van der Waals surface area contributed by atoms with Gasteiger partial charge in [0.15, 0.2) is 21.4 Å². The number of benzene rings is 2. The van der Waals surface area contributed by atoms with Gasteiger partial charge in [-0.2, -0.15) is 0 Å². The van der Waals surface area contributed by atoms with Crippen LogP contribution in [0.4, 0.5) is 0 Å². The van der Waals surface area contributed by atoms with Crippen LogP contribution in [0.2, 0.25) is 5.02 Å². The van der Waals surface area contributed by atoms with E-state index in [1.165, 1.54) is 12.3 Å². The lowest BCUT2D eigenvalue weighted by Crippen LogP contribution is -2.09. The van der Waals surface area contributed by atoms with Crippen LogP contribution >= 0.6 is 11.6 Å². The smallest absolute Gasteiger partial charge is 0.198 e. The Hall–Kier alpha value is -2.44. The van der Waals surface area contributed by atoms with Gasteiger partial charge in [-0.25, -0.2) is 8.42 Å². The van der Waals surface area contributed by atoms with Crippen LogP contribution in [-0.4, -0.2) is 25.6 Å². The predicted molar refractivity (Wildman–Crippen MR) is 106 cm³/mol. The number of aromatic nitrogens is 1. The van der Waals surface area contributed by atoms with Gasteiger partial charge in [0.25, 0.3) is 0 Å². The van der Waals surface area contributed by atoms with Crippen LogP contribution in [0.25, 0.3) is 0 Å². The fourth-order valence-corrected chi connectivity index (χ4v) is 4.47. The summed E-state index contributed by atoms with van der Waals surface area (Å²) in [5, 5.41) is 4.25. The zero-order valence-corrected chi connectivity index (χ0v) is 16.8. The number of hydrogen-bond donors (Lipinski definition) is 0. The highest BCUT2D eigenvalue weighted by Crippen LogP contribution is 2.42. The Labute approximate surface area is 168 Å². The molecule has 7 heteroatoms. The van der Waals surface area contributed by atoms with Crippen molar-refractivity contribution in [2.75, 3.05) is 6.26 Å². The zero-order valence-electron chi connectivity index (χ0n) is 15.2. The van der Waals surface area contributed by atoms with Crippen molar-refractivity contribution in [2.24, 2.45) is 0 Å². The Morgan fingerprint density at radius 3 is 2.61 bits per heavy atom. The Kier molecular flexibility index (Phi) is 4.85. The molecule has 1 aliphatic rings. The van der Waals surface area contributed by atoms with E-state index in [1.807, 2.05) is 12.1 Å². The molecule has 4 rings (SSSR count). The minimum absolute atomic E-state index is 0.165. The Bertz CT molecular complexity index is 1160. The maximum Gasteiger partial charge on any atom is 0.198 e. The lowest BCUT2D eigenvalue weighted by molar-refractivity contribution is 0.103. The molecule has 1 saturated carbocycles. The maximum atomic E-state index is 13.2. The average Bonchev–Trinajstić information content (AvgIpc) is 3.37. The molecule has 0 radical (unpaired) electrons. The molecular weight excluding hydrogens is 398 g/mol. The van der Waals surface area contributed by atoms with E-state index in [-0.39, 0.29) is 23.0 Å². The standard InChI is InChI=1S/C21H18ClNO4S/c1-28(25,26)19-9-8-16(22)11-15(19)10-14-4-2-3-5-17(14)20(24)18-12-23-27-21(18)13-6-7-13/h2-5,8-9,11-13H,6-7,10H2,1H3. The number of sulfone groups is 1. The summed E-state index contributed by atoms with van der Waals surface area (Å²) in [5.41, 5.74) is 2.27. The summed E-state index contributed by atoms with van der Waals surface area (Å²) in [6.07, 6.45) is 4.90. The van der Waals surface area contributed by atoms with Crippen LogP contribution in [-0.2, 0) is 16.3 Å². The normalized spacial score (nSPS) is 14.2. The number of ketones is 1. The van der Waals surface area contributed by atoms with Crippen LogP contribution in [0, 0.1) is 0 Å². The van der Waals surface area contributed by atoms with Crippen molar-refractivity contribution in [3.63, 3.8) is 0 Å². The molecule has 0 spiro atoms. The third-order valence-electron chi connectivity index (χ3n) is 4.86. The summed E-state index contributed by atoms with van der Waals surface area (Å²) < 4.78 is 29.6. The van der Waals surface area contributed by atoms with E-state index in [4.69, 9.17) is 16.1 Å². The number of carbonyl (C=O) groups is 1. The van der Waals surface area contributed by atoms with Crippen LogP contribution in [0.3, 0.4) is 0 Å². The highest BCUT2D eigenvalue weighted by molar-refractivity contribution is 7.90. The van der Waals surface area contributed by atoms with Gasteiger partial charge < -0.3 is 4.52 Å². The lowest BCUT2D eigenvalue weighted by atomic mass is 9.94. The highest BCUT2D eigenvalue weighted by Gasteiger charge is 2.33. The number of carbonyl (C=O) groups excluding carboxylic acids is 1. The van der Waals surface area contributed by atoms with Gasteiger partial charge in [0.05, 0.1) is 16.7 Å². The molecule has 1 aromatic heterocycles. The van der Waals surface area contributed by atoms with Crippen molar-refractivity contribution in [3.05, 3.63) is 81.7 Å². The first-order valence-corrected chi connectivity index (χ1v) is 11.2. The van der Waals surface area contributed by atoms with Crippen LogP contribution in [0.5, 0.6) is 0 Å². The van der Waals surface area contributed by atoms with Gasteiger partial charge in [0.1, 0.15) is 0 Å². The summed E-state index contributed by atoms with van der Waals surface area (Å²) in [7, 11) is -3.42. The number of nitrogens with zero attached hydrogens (tertiary/aromatic N) is 1. The summed E-state index contributed by atoms with van der Waals surface area (Å²) in [5.74, 6) is 0.736. The van der Waals surface area contributed by atoms with E-state index in [2.05, 4.69) is 5.16 Å². The molecule has 0 aliphatic heterocycles. The van der Waals surface area contributed by atoms with Crippen molar-refractivity contribution in [1.29, 1.82) is 0 Å². The number of rotatable bonds is 6. The van der Waals surface area contributed by atoms with Crippen LogP contribution in [0.15, 0.2) is 58.1 Å². The van der Waals surface area contributed by atoms with Crippen molar-refractivity contribution in [2.45, 2.75) is 30.1 Å². The van der Waals surface area contributed by atoms with Crippen molar-refractivity contribution in [1.82, 2.24) is 5.16 Å². The van der Waals surface area contributed by atoms with Gasteiger partial charge in [-0.1, -0.05) is 41.0 Å². The summed E-state index contributed by atoms with van der Waals surface area (Å²) >= 11 is 6.10. The Morgan fingerprint density at radius 2 is 1.89 bits per heavy atom. The molecule has 0 atom stereocenters. The molecule has 5 nitrogen and oxygen atoms in total. The van der Waals surface area contributed by atoms with Gasteiger partial charge in [0.2, 0.25) is 0 Å². The second-order valence-corrected chi connectivity index (χ2v) is 9.49. The molecule has 0 unspecified atom stereocenters. The lowest BCUT2D eigenvalue weighted by Gasteiger charge is -2.12. The van der Waals surface area contributed by atoms with Gasteiger partial charge in [0, 0.05) is 22.8 Å². The van der Waals surface area contributed by atoms with Gasteiger partial charge in [-0.3, -0.25) is 4.79 Å². The second kappa shape index (κ2) is 7.18. The Balaban J connectivity index is 1.75. The van der Waals surface area contributed by atoms with E-state index >= 15 is 0 Å². The molecular formula is C21H18ClNO4S. The minimum atomic E-state index is -3.42. The number of hydrogen-bond acceptors (Lipinski definition) is 5. The SMILES string of the molecule is CS(=O)(=O)c1ccc(Cl)cc1Cc1ccccc1C(=O)c1cnoc1C1CC1. The molecule has 144 valence electrons. The molecule has 1 aliphatic carbocycles. The molecule has 2 aromatic carbocycles. The molecule has 0 amide bonds. The summed E-state index contributed by atoms with van der Waals surface area (Å²) in [6.45, 7) is 0. The van der Waals surface area contributed by atoms with Crippen molar-refractivity contribution < 1.29 is 17.7 Å². The zero-order chi connectivity index (χ0) is 19.9. The third-order valence-corrected chi connectivity index (χ3v) is 6.29. The molecule has 1 heterocycles. The average molecular weight is 416 g/mol.